The number of para-hydroxylation sites is 1. The van der Waals surface area contributed by atoms with Crippen LogP contribution in [0.15, 0.2) is 41.1 Å². The molecule has 0 saturated carbocycles. The Balaban J connectivity index is 2.35. The van der Waals surface area contributed by atoms with E-state index in [9.17, 15) is 4.39 Å². The molecule has 0 saturated heterocycles. The number of halogens is 2. The maximum atomic E-state index is 13.9. The third-order valence-corrected chi connectivity index (χ3v) is 2.99. The van der Waals surface area contributed by atoms with Gasteiger partial charge in [0.2, 0.25) is 5.95 Å². The van der Waals surface area contributed by atoms with Crippen LogP contribution in [0.1, 0.15) is 6.42 Å². The maximum Gasteiger partial charge on any atom is 0.229 e. The number of aromatic nitrogens is 2. The maximum absolute atomic E-state index is 13.9. The van der Waals surface area contributed by atoms with E-state index in [-0.39, 0.29) is 5.82 Å². The highest BCUT2D eigenvalue weighted by Crippen LogP contribution is 2.25. The summed E-state index contributed by atoms with van der Waals surface area (Å²) in [5, 5.41) is 0. The summed E-state index contributed by atoms with van der Waals surface area (Å²) in [5.74, 6) is 0.160. The van der Waals surface area contributed by atoms with Crippen molar-refractivity contribution in [3.05, 3.63) is 46.9 Å². The molecule has 0 aliphatic heterocycles. The first-order chi connectivity index (χ1) is 9.22. The van der Waals surface area contributed by atoms with Gasteiger partial charge in [0.05, 0.1) is 10.2 Å². The van der Waals surface area contributed by atoms with Crippen molar-refractivity contribution >= 4 is 27.6 Å². The third kappa shape index (κ3) is 3.48. The standard InChI is InChI=1S/C13H14BrFN4/c14-10-8-17-13(18-9-10)19(7-3-6-16)12-5-2-1-4-11(12)15/h1-2,4-5,8-9H,3,6-7,16H2. The summed E-state index contributed by atoms with van der Waals surface area (Å²) >= 11 is 3.28. The van der Waals surface area contributed by atoms with Crippen LogP contribution in [-0.4, -0.2) is 23.1 Å². The summed E-state index contributed by atoms with van der Waals surface area (Å²) in [7, 11) is 0. The Hall–Kier alpha value is -1.53. The fourth-order valence-corrected chi connectivity index (χ4v) is 1.90. The van der Waals surface area contributed by atoms with Gasteiger partial charge in [-0.3, -0.25) is 0 Å². The highest BCUT2D eigenvalue weighted by Gasteiger charge is 2.15. The van der Waals surface area contributed by atoms with Crippen LogP contribution in [0, 0.1) is 5.82 Å². The molecular formula is C13H14BrFN4. The molecule has 1 heterocycles. The van der Waals surface area contributed by atoms with E-state index in [1.165, 1.54) is 6.07 Å². The number of anilines is 2. The zero-order valence-electron chi connectivity index (χ0n) is 10.3. The highest BCUT2D eigenvalue weighted by atomic mass is 79.9. The van der Waals surface area contributed by atoms with Crippen LogP contribution in [0.5, 0.6) is 0 Å². The molecule has 100 valence electrons. The van der Waals surface area contributed by atoms with Gasteiger partial charge < -0.3 is 10.6 Å². The first kappa shape index (κ1) is 13.9. The van der Waals surface area contributed by atoms with Crippen LogP contribution in [0.2, 0.25) is 0 Å². The Morgan fingerprint density at radius 3 is 2.53 bits per heavy atom. The van der Waals surface area contributed by atoms with E-state index in [0.717, 1.165) is 10.9 Å². The molecule has 0 fully saturated rings. The lowest BCUT2D eigenvalue weighted by atomic mass is 10.2. The predicted molar refractivity (Wildman–Crippen MR) is 76.8 cm³/mol. The van der Waals surface area contributed by atoms with Crippen molar-refractivity contribution in [2.45, 2.75) is 6.42 Å². The average Bonchev–Trinajstić information content (AvgIpc) is 2.43. The molecule has 0 spiro atoms. The lowest BCUT2D eigenvalue weighted by Gasteiger charge is -2.22. The normalized spacial score (nSPS) is 10.5. The topological polar surface area (TPSA) is 55.0 Å². The Morgan fingerprint density at radius 2 is 1.89 bits per heavy atom. The second-order valence-corrected chi connectivity index (χ2v) is 4.86. The summed E-state index contributed by atoms with van der Waals surface area (Å²) in [6.45, 7) is 1.10. The van der Waals surface area contributed by atoms with Crippen LogP contribution in [0.25, 0.3) is 0 Å². The zero-order chi connectivity index (χ0) is 13.7. The van der Waals surface area contributed by atoms with Crippen molar-refractivity contribution in [1.29, 1.82) is 0 Å². The van der Waals surface area contributed by atoms with Crippen LogP contribution in [0.3, 0.4) is 0 Å². The Morgan fingerprint density at radius 1 is 1.21 bits per heavy atom. The summed E-state index contributed by atoms with van der Waals surface area (Å²) in [6.07, 6.45) is 4.00. The number of benzene rings is 1. The van der Waals surface area contributed by atoms with Crippen LogP contribution >= 0.6 is 15.9 Å². The van der Waals surface area contributed by atoms with E-state index in [0.29, 0.717) is 24.7 Å². The van der Waals surface area contributed by atoms with Crippen molar-refractivity contribution in [3.8, 4) is 0 Å². The summed E-state index contributed by atoms with van der Waals surface area (Å²) in [4.78, 5) is 10.1. The number of rotatable bonds is 5. The molecule has 2 N–H and O–H groups in total. The van der Waals surface area contributed by atoms with Crippen molar-refractivity contribution < 1.29 is 4.39 Å². The lowest BCUT2D eigenvalue weighted by Crippen LogP contribution is -2.23. The van der Waals surface area contributed by atoms with Gasteiger partial charge in [-0.1, -0.05) is 12.1 Å². The van der Waals surface area contributed by atoms with Crippen LogP contribution < -0.4 is 10.6 Å². The molecule has 0 amide bonds. The quantitative estimate of drug-likeness (QED) is 0.918. The fraction of sp³-hybridized carbons (Fsp3) is 0.231. The average molecular weight is 325 g/mol. The van der Waals surface area contributed by atoms with E-state index in [1.54, 1.807) is 35.5 Å². The van der Waals surface area contributed by atoms with Gasteiger partial charge in [-0.25, -0.2) is 14.4 Å². The molecule has 0 atom stereocenters. The molecule has 0 bridgehead atoms. The second-order valence-electron chi connectivity index (χ2n) is 3.95. The van der Waals surface area contributed by atoms with Crippen molar-refractivity contribution in [2.24, 2.45) is 5.73 Å². The van der Waals surface area contributed by atoms with Crippen molar-refractivity contribution in [1.82, 2.24) is 9.97 Å². The Labute approximate surface area is 119 Å². The molecular weight excluding hydrogens is 311 g/mol. The van der Waals surface area contributed by atoms with E-state index in [2.05, 4.69) is 25.9 Å². The third-order valence-electron chi connectivity index (χ3n) is 2.58. The summed E-state index contributed by atoms with van der Waals surface area (Å²) < 4.78 is 14.7. The van der Waals surface area contributed by atoms with Crippen molar-refractivity contribution in [3.63, 3.8) is 0 Å². The van der Waals surface area contributed by atoms with Gasteiger partial charge in [-0.05, 0) is 41.0 Å². The Kier molecular flexibility index (Phi) is 4.81. The van der Waals surface area contributed by atoms with Gasteiger partial charge in [0.1, 0.15) is 5.82 Å². The lowest BCUT2D eigenvalue weighted by molar-refractivity contribution is 0.622. The summed E-state index contributed by atoms with van der Waals surface area (Å²) in [6, 6.07) is 6.57. The van der Waals surface area contributed by atoms with Crippen LogP contribution in [0.4, 0.5) is 16.0 Å². The number of nitrogens with zero attached hydrogens (tertiary/aromatic N) is 3. The van der Waals surface area contributed by atoms with Gasteiger partial charge in [-0.15, -0.1) is 0 Å². The molecule has 0 aliphatic carbocycles. The van der Waals surface area contributed by atoms with Gasteiger partial charge in [-0.2, -0.15) is 0 Å². The smallest absolute Gasteiger partial charge is 0.229 e. The largest absolute Gasteiger partial charge is 0.330 e. The fourth-order valence-electron chi connectivity index (χ4n) is 1.69. The highest BCUT2D eigenvalue weighted by molar-refractivity contribution is 9.10. The van der Waals surface area contributed by atoms with Gasteiger partial charge in [0.15, 0.2) is 0 Å². The molecule has 2 rings (SSSR count). The first-order valence-corrected chi connectivity index (χ1v) is 6.71. The van der Waals surface area contributed by atoms with Crippen molar-refractivity contribution in [2.75, 3.05) is 18.0 Å². The predicted octanol–water partition coefficient (Wildman–Crippen LogP) is 2.87. The zero-order valence-corrected chi connectivity index (χ0v) is 11.8. The first-order valence-electron chi connectivity index (χ1n) is 5.92. The molecule has 1 aromatic heterocycles. The molecule has 0 radical (unpaired) electrons. The molecule has 6 heteroatoms. The van der Waals surface area contributed by atoms with Gasteiger partial charge in [0, 0.05) is 18.9 Å². The Bertz CT molecular complexity index is 532. The molecule has 0 aliphatic rings. The van der Waals surface area contributed by atoms with E-state index in [4.69, 9.17) is 5.73 Å². The SMILES string of the molecule is NCCCN(c1ncc(Br)cn1)c1ccccc1F. The van der Waals surface area contributed by atoms with E-state index >= 15 is 0 Å². The minimum atomic E-state index is -0.300. The minimum Gasteiger partial charge on any atom is -0.330 e. The second kappa shape index (κ2) is 6.58. The van der Waals surface area contributed by atoms with Gasteiger partial charge >= 0.3 is 0 Å². The molecule has 1 aromatic carbocycles. The van der Waals surface area contributed by atoms with E-state index < -0.39 is 0 Å². The van der Waals surface area contributed by atoms with Crippen LogP contribution in [-0.2, 0) is 0 Å². The molecule has 4 nitrogen and oxygen atoms in total. The van der Waals surface area contributed by atoms with E-state index in [1.807, 2.05) is 0 Å². The molecule has 19 heavy (non-hydrogen) atoms. The monoisotopic (exact) mass is 324 g/mol. The number of nitrogens with two attached hydrogens (primary N) is 1. The number of hydrogen-bond acceptors (Lipinski definition) is 4. The number of hydrogen-bond donors (Lipinski definition) is 1. The summed E-state index contributed by atoms with van der Waals surface area (Å²) in [5.41, 5.74) is 5.98. The molecule has 2 aromatic rings. The van der Waals surface area contributed by atoms with Gasteiger partial charge in [0.25, 0.3) is 0 Å². The minimum absolute atomic E-state index is 0.300. The molecule has 0 unspecified atom stereocenters.